The minimum atomic E-state index is -4.04. The lowest BCUT2D eigenvalue weighted by Crippen LogP contribution is -2.66. The molecule has 6 aliphatic rings. The highest BCUT2D eigenvalue weighted by molar-refractivity contribution is 7.87. The summed E-state index contributed by atoms with van der Waals surface area (Å²) in [6, 6.07) is -2.49. The van der Waals surface area contributed by atoms with Crippen LogP contribution >= 0.6 is 0 Å². The van der Waals surface area contributed by atoms with Crippen molar-refractivity contribution in [2.45, 2.75) is 155 Å². The second kappa shape index (κ2) is 13.0. The number of nitrogens with zero attached hydrogens (tertiary/aromatic N) is 2. The molecule has 50 heavy (non-hydrogen) atoms. The molecular weight excluding hydrogens is 657 g/mol. The number of hydrogen-bond acceptors (Lipinski definition) is 7. The van der Waals surface area contributed by atoms with E-state index in [0.29, 0.717) is 38.9 Å². The first-order chi connectivity index (χ1) is 23.3. The van der Waals surface area contributed by atoms with E-state index < -0.39 is 51.1 Å². The van der Waals surface area contributed by atoms with Crippen LogP contribution in [0, 0.1) is 33.5 Å². The largest absolute Gasteiger partial charge is 0.342 e. The lowest BCUT2D eigenvalue weighted by Gasteiger charge is -2.72. The molecule has 6 atom stereocenters. The Hall–Kier alpha value is -2.25. The van der Waals surface area contributed by atoms with Crippen LogP contribution in [0.15, 0.2) is 0 Å². The minimum absolute atomic E-state index is 0.0733. The normalized spacial score (nSPS) is 33.3. The lowest BCUT2D eigenvalue weighted by molar-refractivity contribution is -0.231. The molecule has 5 N–H and O–H groups in total. The third-order valence-corrected chi connectivity index (χ3v) is 16.0. The number of hydrogen-bond donors (Lipinski definition) is 4. The summed E-state index contributed by atoms with van der Waals surface area (Å²) >= 11 is 0. The Morgan fingerprint density at radius 1 is 0.920 bits per heavy atom. The van der Waals surface area contributed by atoms with E-state index in [0.717, 1.165) is 64.2 Å². The first kappa shape index (κ1) is 37.5. The predicted octanol–water partition coefficient (Wildman–Crippen LogP) is 3.35. The van der Waals surface area contributed by atoms with Crippen LogP contribution in [0.1, 0.15) is 131 Å². The van der Waals surface area contributed by atoms with Crippen molar-refractivity contribution >= 4 is 33.8 Å². The summed E-state index contributed by atoms with van der Waals surface area (Å²) in [5, 5.41) is 6.05. The van der Waals surface area contributed by atoms with Crippen molar-refractivity contribution in [3.63, 3.8) is 0 Å². The second-order valence-electron chi connectivity index (χ2n) is 18.4. The fourth-order valence-electron chi connectivity index (χ4n) is 10.6. The first-order valence-corrected chi connectivity index (χ1v) is 20.8. The van der Waals surface area contributed by atoms with Gasteiger partial charge < -0.3 is 21.3 Å². The standard InChI is InChI=1S/C37H62N6O6S/c1-7-25-20-37(25,32(47)41-50(48,49)42-18-11-12-19-42)40-29(44)26-21-36(22-35(16-13-17-35)34(36,5)6)23-43(26)31(46)28(33(2,3)4)39-30(45)27(38)24-14-9-8-10-15-24/h24-28H,7-23,38H2,1-6H3,(H,39,45)(H,40,44)(H,41,47)/t25-,26+,27+,28-,36-,37-/m1/s1. The second-order valence-corrected chi connectivity index (χ2v) is 20.1. The fourth-order valence-corrected chi connectivity index (χ4v) is 11.8. The van der Waals surface area contributed by atoms with Gasteiger partial charge in [0.25, 0.3) is 5.91 Å². The van der Waals surface area contributed by atoms with E-state index in [-0.39, 0.29) is 39.9 Å². The van der Waals surface area contributed by atoms with Gasteiger partial charge in [0.1, 0.15) is 17.6 Å². The zero-order valence-electron chi connectivity index (χ0n) is 31.2. The van der Waals surface area contributed by atoms with Crippen molar-refractivity contribution < 1.29 is 27.6 Å². The molecule has 0 radical (unpaired) electrons. The molecule has 0 aromatic heterocycles. The fraction of sp³-hybridized carbons (Fsp3) is 0.892. The van der Waals surface area contributed by atoms with Crippen LogP contribution in [-0.4, -0.2) is 84.6 Å². The SMILES string of the molecule is CC[C@@H]1C[C@]1(NC(=O)[C@@H]1C[C@]2(CN1C(=O)[C@@H](NC(=O)[C@@H](N)C1CCCCC1)C(C)(C)C)CC1(CCC1)C2(C)C)C(=O)NS(=O)(=O)N1CCCC1. The summed E-state index contributed by atoms with van der Waals surface area (Å²) in [5.41, 5.74) is 4.26. The number of nitrogens with one attached hydrogen (secondary N) is 3. The van der Waals surface area contributed by atoms with Crippen molar-refractivity contribution in [3.05, 3.63) is 0 Å². The van der Waals surface area contributed by atoms with Crippen LogP contribution in [0.2, 0.25) is 0 Å². The van der Waals surface area contributed by atoms with Crippen LogP contribution in [0.3, 0.4) is 0 Å². The van der Waals surface area contributed by atoms with Crippen LogP contribution < -0.4 is 21.1 Å². The number of likely N-dealkylation sites (tertiary alicyclic amines) is 1. The van der Waals surface area contributed by atoms with E-state index in [1.54, 1.807) is 4.90 Å². The van der Waals surface area contributed by atoms with Crippen molar-refractivity contribution in [1.29, 1.82) is 0 Å². The van der Waals surface area contributed by atoms with Gasteiger partial charge in [0, 0.05) is 19.6 Å². The Bertz CT molecular complexity index is 1480. The average molecular weight is 719 g/mol. The Labute approximate surface area is 299 Å². The van der Waals surface area contributed by atoms with Gasteiger partial charge in [-0.05, 0) is 91.3 Å². The van der Waals surface area contributed by atoms with Crippen molar-refractivity contribution in [2.75, 3.05) is 19.6 Å². The molecule has 2 heterocycles. The Morgan fingerprint density at radius 3 is 2.08 bits per heavy atom. The first-order valence-electron chi connectivity index (χ1n) is 19.3. The summed E-state index contributed by atoms with van der Waals surface area (Å²) in [6.45, 7) is 13.3. The summed E-state index contributed by atoms with van der Waals surface area (Å²) in [5.74, 6) is -1.96. The number of amides is 4. The van der Waals surface area contributed by atoms with E-state index in [2.05, 4.69) is 29.2 Å². The third kappa shape index (κ3) is 6.18. The Morgan fingerprint density at radius 2 is 1.56 bits per heavy atom. The summed E-state index contributed by atoms with van der Waals surface area (Å²) in [6.07, 6.45) is 12.2. The van der Waals surface area contributed by atoms with E-state index in [1.807, 2.05) is 27.7 Å². The molecule has 0 aromatic rings. The van der Waals surface area contributed by atoms with Crippen LogP contribution in [0.4, 0.5) is 0 Å². The molecule has 2 saturated heterocycles. The number of nitrogens with two attached hydrogens (primary N) is 1. The maximum Gasteiger partial charge on any atom is 0.303 e. The van der Waals surface area contributed by atoms with Gasteiger partial charge in [-0.15, -0.1) is 0 Å². The van der Waals surface area contributed by atoms with Crippen molar-refractivity contribution in [2.24, 2.45) is 39.2 Å². The number of carbonyl (C=O) groups is 4. The van der Waals surface area contributed by atoms with Gasteiger partial charge in [0.2, 0.25) is 17.7 Å². The zero-order valence-corrected chi connectivity index (χ0v) is 32.1. The molecule has 2 spiro atoms. The molecule has 12 nitrogen and oxygen atoms in total. The van der Waals surface area contributed by atoms with Gasteiger partial charge in [-0.25, -0.2) is 4.72 Å². The summed E-state index contributed by atoms with van der Waals surface area (Å²) in [7, 11) is -4.04. The Balaban J connectivity index is 1.26. The van der Waals surface area contributed by atoms with Gasteiger partial charge in [0.05, 0.1) is 6.04 Å². The third-order valence-electron chi connectivity index (χ3n) is 14.5. The van der Waals surface area contributed by atoms with Gasteiger partial charge in [-0.1, -0.05) is 73.6 Å². The van der Waals surface area contributed by atoms with Crippen LogP contribution in [0.25, 0.3) is 0 Å². The highest BCUT2D eigenvalue weighted by Crippen LogP contribution is 2.78. The molecule has 6 rings (SSSR count). The smallest absolute Gasteiger partial charge is 0.303 e. The maximum absolute atomic E-state index is 14.8. The van der Waals surface area contributed by atoms with Gasteiger partial charge in [0.15, 0.2) is 0 Å². The van der Waals surface area contributed by atoms with Gasteiger partial charge in [-0.3, -0.25) is 19.2 Å². The highest BCUT2D eigenvalue weighted by atomic mass is 32.2. The number of carbonyl (C=O) groups excluding carboxylic acids is 4. The lowest BCUT2D eigenvalue weighted by atomic mass is 9.32. The topological polar surface area (TPSA) is 171 Å². The molecule has 0 aromatic carbocycles. The van der Waals surface area contributed by atoms with E-state index >= 15 is 0 Å². The summed E-state index contributed by atoms with van der Waals surface area (Å²) < 4.78 is 29.7. The molecule has 0 bridgehead atoms. The molecule has 4 amide bonds. The highest BCUT2D eigenvalue weighted by Gasteiger charge is 2.73. The minimum Gasteiger partial charge on any atom is -0.342 e. The maximum atomic E-state index is 14.8. The molecular formula is C37H62N6O6S. The average Bonchev–Trinajstić information content (AvgIpc) is 3.36. The Kier molecular flexibility index (Phi) is 9.75. The predicted molar refractivity (Wildman–Crippen MR) is 190 cm³/mol. The van der Waals surface area contributed by atoms with Crippen LogP contribution in [0.5, 0.6) is 0 Å². The molecule has 0 unspecified atom stereocenters. The van der Waals surface area contributed by atoms with Crippen molar-refractivity contribution in [1.82, 2.24) is 24.6 Å². The molecule has 4 aliphatic carbocycles. The van der Waals surface area contributed by atoms with Crippen LogP contribution in [-0.2, 0) is 29.4 Å². The van der Waals surface area contributed by atoms with Gasteiger partial charge >= 0.3 is 10.2 Å². The van der Waals surface area contributed by atoms with Gasteiger partial charge in [-0.2, -0.15) is 12.7 Å². The summed E-state index contributed by atoms with van der Waals surface area (Å²) in [4.78, 5) is 58.4. The molecule has 282 valence electrons. The van der Waals surface area contributed by atoms with E-state index in [9.17, 15) is 27.6 Å². The molecule has 4 saturated carbocycles. The monoisotopic (exact) mass is 718 g/mol. The quantitative estimate of drug-likeness (QED) is 0.268. The number of rotatable bonds is 10. The molecule has 13 heteroatoms. The van der Waals surface area contributed by atoms with E-state index in [1.165, 1.54) is 10.7 Å². The zero-order chi connectivity index (χ0) is 36.5. The molecule has 6 fully saturated rings. The molecule has 2 aliphatic heterocycles. The van der Waals surface area contributed by atoms with Crippen molar-refractivity contribution in [3.8, 4) is 0 Å². The van der Waals surface area contributed by atoms with E-state index in [4.69, 9.17) is 5.73 Å².